The molecule has 1 aromatic carbocycles. The highest BCUT2D eigenvalue weighted by Gasteiger charge is 2.31. The van der Waals surface area contributed by atoms with E-state index in [1.54, 1.807) is 13.8 Å². The van der Waals surface area contributed by atoms with E-state index in [-0.39, 0.29) is 12.3 Å². The maximum absolute atomic E-state index is 13.6. The van der Waals surface area contributed by atoms with Gasteiger partial charge in [0, 0.05) is 0 Å². The number of rotatable bonds is 6. The van der Waals surface area contributed by atoms with Crippen LogP contribution in [0.3, 0.4) is 0 Å². The minimum Gasteiger partial charge on any atom is -0.480 e. The number of benzene rings is 1. The summed E-state index contributed by atoms with van der Waals surface area (Å²) >= 11 is 5.58. The van der Waals surface area contributed by atoms with Gasteiger partial charge in [0.05, 0.1) is 5.02 Å². The molecule has 0 bridgehead atoms. The van der Waals surface area contributed by atoms with Gasteiger partial charge in [0.25, 0.3) is 0 Å². The molecule has 0 saturated carbocycles. The molecule has 0 aromatic heterocycles. The minimum atomic E-state index is -4.61. The van der Waals surface area contributed by atoms with Crippen LogP contribution in [-0.4, -0.2) is 25.5 Å². The lowest BCUT2D eigenvalue weighted by Gasteiger charge is -2.17. The topological polar surface area (TPSA) is 83.5 Å². The van der Waals surface area contributed by atoms with Crippen molar-refractivity contribution < 1.29 is 27.1 Å². The summed E-state index contributed by atoms with van der Waals surface area (Å²) in [5, 5.41) is 8.47. The van der Waals surface area contributed by atoms with E-state index in [0.717, 1.165) is 6.07 Å². The van der Waals surface area contributed by atoms with E-state index in [1.807, 2.05) is 4.72 Å². The van der Waals surface area contributed by atoms with Crippen LogP contribution in [0.1, 0.15) is 20.3 Å². The van der Waals surface area contributed by atoms with Gasteiger partial charge in [-0.1, -0.05) is 25.4 Å². The molecule has 0 aliphatic heterocycles. The lowest BCUT2D eigenvalue weighted by atomic mass is 10.1. The molecule has 0 spiro atoms. The molecule has 1 atom stereocenters. The van der Waals surface area contributed by atoms with Gasteiger partial charge in [-0.2, -0.15) is 4.72 Å². The van der Waals surface area contributed by atoms with E-state index in [0.29, 0.717) is 6.07 Å². The van der Waals surface area contributed by atoms with Crippen LogP contribution in [0.25, 0.3) is 0 Å². The molecular weight excluding hydrogens is 328 g/mol. The van der Waals surface area contributed by atoms with E-state index in [4.69, 9.17) is 16.7 Å². The van der Waals surface area contributed by atoms with E-state index < -0.39 is 43.6 Å². The predicted octanol–water partition coefficient (Wildman–Crippen LogP) is 2.40. The van der Waals surface area contributed by atoms with Crippen LogP contribution in [0.2, 0.25) is 5.02 Å². The molecule has 1 aromatic rings. The molecule has 2 N–H and O–H groups in total. The average Bonchev–Trinajstić information content (AvgIpc) is 2.32. The summed E-state index contributed by atoms with van der Waals surface area (Å²) in [6.45, 7) is 3.39. The predicted molar refractivity (Wildman–Crippen MR) is 72.6 cm³/mol. The monoisotopic (exact) mass is 341 g/mol. The molecule has 1 rings (SSSR count). The van der Waals surface area contributed by atoms with Crippen LogP contribution in [0.5, 0.6) is 0 Å². The molecule has 0 fully saturated rings. The zero-order valence-electron chi connectivity index (χ0n) is 11.2. The first-order valence-corrected chi connectivity index (χ1v) is 7.81. The van der Waals surface area contributed by atoms with E-state index >= 15 is 0 Å². The number of hydrogen-bond acceptors (Lipinski definition) is 3. The Kier molecular flexibility index (Phi) is 5.66. The molecule has 0 unspecified atom stereocenters. The van der Waals surface area contributed by atoms with Gasteiger partial charge in [-0.25, -0.2) is 17.2 Å². The van der Waals surface area contributed by atoms with Crippen LogP contribution in [0, 0.1) is 17.6 Å². The first-order chi connectivity index (χ1) is 9.56. The minimum absolute atomic E-state index is 0.0108. The summed E-state index contributed by atoms with van der Waals surface area (Å²) in [5.74, 6) is -4.58. The van der Waals surface area contributed by atoms with E-state index in [2.05, 4.69) is 0 Å². The fourth-order valence-electron chi connectivity index (χ4n) is 1.67. The van der Waals surface area contributed by atoms with Crippen LogP contribution >= 0.6 is 11.6 Å². The molecule has 9 heteroatoms. The number of sulfonamides is 1. The third-order valence-corrected chi connectivity index (χ3v) is 4.53. The van der Waals surface area contributed by atoms with Crippen molar-refractivity contribution in [1.82, 2.24) is 4.72 Å². The lowest BCUT2D eigenvalue weighted by molar-refractivity contribution is -0.139. The van der Waals surface area contributed by atoms with Crippen molar-refractivity contribution in [3.8, 4) is 0 Å². The standard InChI is InChI=1S/C12H14ClF2NO4S/c1-6(2)5-9(12(17)18)16-21(19,20)11-7(13)3-4-8(14)10(11)15/h3-4,6,9,16H,5H2,1-2H3,(H,17,18)/t9-/m0/s1. The summed E-state index contributed by atoms with van der Waals surface area (Å²) in [6.07, 6.45) is -0.0108. The number of hydrogen-bond donors (Lipinski definition) is 2. The number of carbonyl (C=O) groups is 1. The Morgan fingerprint density at radius 2 is 1.95 bits per heavy atom. The zero-order valence-corrected chi connectivity index (χ0v) is 12.8. The molecule has 0 aliphatic carbocycles. The van der Waals surface area contributed by atoms with E-state index in [9.17, 15) is 22.0 Å². The van der Waals surface area contributed by atoms with Crippen LogP contribution in [-0.2, 0) is 14.8 Å². The molecule has 0 heterocycles. The molecule has 0 radical (unpaired) electrons. The highest BCUT2D eigenvalue weighted by Crippen LogP contribution is 2.26. The molecular formula is C12H14ClF2NO4S. The summed E-state index contributed by atoms with van der Waals surface area (Å²) in [5.41, 5.74) is 0. The van der Waals surface area contributed by atoms with Gasteiger partial charge in [0.2, 0.25) is 10.0 Å². The average molecular weight is 342 g/mol. The fraction of sp³-hybridized carbons (Fsp3) is 0.417. The highest BCUT2D eigenvalue weighted by molar-refractivity contribution is 7.89. The van der Waals surface area contributed by atoms with Gasteiger partial charge in [0.1, 0.15) is 10.9 Å². The van der Waals surface area contributed by atoms with Crippen molar-refractivity contribution in [1.29, 1.82) is 0 Å². The van der Waals surface area contributed by atoms with Gasteiger partial charge >= 0.3 is 5.97 Å². The SMILES string of the molecule is CC(C)C[C@H](NS(=O)(=O)c1c(Cl)ccc(F)c1F)C(=O)O. The van der Waals surface area contributed by atoms with Gasteiger partial charge in [-0.05, 0) is 24.5 Å². The van der Waals surface area contributed by atoms with Crippen LogP contribution in [0.15, 0.2) is 17.0 Å². The molecule has 0 saturated heterocycles. The highest BCUT2D eigenvalue weighted by atomic mass is 35.5. The quantitative estimate of drug-likeness (QED) is 0.778. The number of aliphatic carboxylic acids is 1. The van der Waals surface area contributed by atoms with Gasteiger partial charge in [-0.15, -0.1) is 0 Å². The molecule has 21 heavy (non-hydrogen) atoms. The Bertz CT molecular complexity index is 649. The Balaban J connectivity index is 3.23. The van der Waals surface area contributed by atoms with Gasteiger partial charge in [0.15, 0.2) is 11.6 Å². The van der Waals surface area contributed by atoms with Crippen molar-refractivity contribution in [2.24, 2.45) is 5.92 Å². The van der Waals surface area contributed by atoms with Crippen molar-refractivity contribution in [3.05, 3.63) is 28.8 Å². The normalized spacial score (nSPS) is 13.4. The number of carboxylic acid groups (broad SMARTS) is 1. The molecule has 0 aliphatic rings. The molecule has 0 amide bonds. The van der Waals surface area contributed by atoms with Crippen molar-refractivity contribution in [3.63, 3.8) is 0 Å². The first kappa shape index (κ1) is 17.8. The zero-order chi connectivity index (χ0) is 16.4. The van der Waals surface area contributed by atoms with Crippen molar-refractivity contribution in [2.75, 3.05) is 0 Å². The second-order valence-corrected chi connectivity index (χ2v) is 6.87. The second-order valence-electron chi connectivity index (χ2n) is 4.81. The second kappa shape index (κ2) is 6.67. The summed E-state index contributed by atoms with van der Waals surface area (Å²) < 4.78 is 52.7. The number of halogens is 3. The van der Waals surface area contributed by atoms with Gasteiger partial charge in [-0.3, -0.25) is 4.79 Å². The summed E-state index contributed by atoms with van der Waals surface area (Å²) in [6, 6.07) is 0.0976. The largest absolute Gasteiger partial charge is 0.480 e. The summed E-state index contributed by atoms with van der Waals surface area (Å²) in [7, 11) is -4.61. The van der Waals surface area contributed by atoms with Crippen LogP contribution < -0.4 is 4.72 Å². The Labute approximate surface area is 126 Å². The van der Waals surface area contributed by atoms with Crippen LogP contribution in [0.4, 0.5) is 8.78 Å². The van der Waals surface area contributed by atoms with Gasteiger partial charge < -0.3 is 5.11 Å². The number of carboxylic acids is 1. The van der Waals surface area contributed by atoms with Crippen molar-refractivity contribution >= 4 is 27.6 Å². The first-order valence-electron chi connectivity index (χ1n) is 5.95. The Hall–Kier alpha value is -1.25. The molecule has 118 valence electrons. The maximum Gasteiger partial charge on any atom is 0.321 e. The number of nitrogens with one attached hydrogen (secondary N) is 1. The van der Waals surface area contributed by atoms with Crippen molar-refractivity contribution in [2.45, 2.75) is 31.2 Å². The smallest absolute Gasteiger partial charge is 0.321 e. The third kappa shape index (κ3) is 4.36. The Morgan fingerprint density at radius 1 is 1.38 bits per heavy atom. The summed E-state index contributed by atoms with van der Waals surface area (Å²) in [4.78, 5) is 9.96. The third-order valence-electron chi connectivity index (χ3n) is 2.57. The lowest BCUT2D eigenvalue weighted by Crippen LogP contribution is -2.42. The molecule has 5 nitrogen and oxygen atoms in total. The fourth-order valence-corrected chi connectivity index (χ4v) is 3.47. The maximum atomic E-state index is 13.6. The Morgan fingerprint density at radius 3 is 2.43 bits per heavy atom. The van der Waals surface area contributed by atoms with E-state index in [1.165, 1.54) is 0 Å².